The van der Waals surface area contributed by atoms with Crippen LogP contribution in [-0.2, 0) is 6.42 Å². The van der Waals surface area contributed by atoms with Gasteiger partial charge in [0.15, 0.2) is 0 Å². The number of amides is 1. The van der Waals surface area contributed by atoms with E-state index in [9.17, 15) is 4.79 Å². The molecule has 1 aromatic rings. The number of halogens is 1. The fraction of sp³-hybridized carbons (Fsp3) is 0.643. The lowest BCUT2D eigenvalue weighted by Gasteiger charge is -2.21. The molecule has 2 atom stereocenters. The second kappa shape index (κ2) is 6.41. The Morgan fingerprint density at radius 1 is 1.44 bits per heavy atom. The molecule has 2 rings (SSSR count). The average Bonchev–Trinajstić information content (AvgIpc) is 2.76. The fourth-order valence-corrected chi connectivity index (χ4v) is 3.21. The van der Waals surface area contributed by atoms with E-state index < -0.39 is 0 Å². The van der Waals surface area contributed by atoms with Gasteiger partial charge in [-0.25, -0.2) is 0 Å². The van der Waals surface area contributed by atoms with Crippen molar-refractivity contribution in [3.63, 3.8) is 0 Å². The summed E-state index contributed by atoms with van der Waals surface area (Å²) in [5.74, 6) is 0.768. The molecule has 0 saturated heterocycles. The van der Waals surface area contributed by atoms with Gasteiger partial charge in [0.1, 0.15) is 5.76 Å². The van der Waals surface area contributed by atoms with E-state index in [1.165, 1.54) is 19.3 Å². The van der Waals surface area contributed by atoms with Gasteiger partial charge in [0.2, 0.25) is 0 Å². The van der Waals surface area contributed by atoms with Crippen molar-refractivity contribution in [3.8, 4) is 0 Å². The smallest absolute Gasteiger partial charge is 0.255 e. The first-order valence-electron chi connectivity index (χ1n) is 6.73. The molecule has 0 aromatic carbocycles. The average molecular weight is 314 g/mol. The van der Waals surface area contributed by atoms with E-state index in [1.807, 2.05) is 6.92 Å². The first kappa shape index (κ1) is 13.7. The monoisotopic (exact) mass is 313 g/mol. The van der Waals surface area contributed by atoms with Crippen LogP contribution in [0.3, 0.4) is 0 Å². The number of aryl methyl sites for hydroxylation is 1. The van der Waals surface area contributed by atoms with E-state index in [-0.39, 0.29) is 11.9 Å². The second-order valence-electron chi connectivity index (χ2n) is 4.84. The van der Waals surface area contributed by atoms with Gasteiger partial charge < -0.3 is 9.73 Å². The van der Waals surface area contributed by atoms with Gasteiger partial charge >= 0.3 is 0 Å². The molecule has 1 aliphatic carbocycles. The number of nitrogens with one attached hydrogen (secondary N) is 1. The number of hydrogen-bond donors (Lipinski definition) is 1. The number of rotatable bonds is 3. The van der Waals surface area contributed by atoms with Crippen molar-refractivity contribution in [1.82, 2.24) is 5.32 Å². The van der Waals surface area contributed by atoms with Crippen LogP contribution in [0.4, 0.5) is 0 Å². The minimum atomic E-state index is -0.00282. The molecule has 3 nitrogen and oxygen atoms in total. The van der Waals surface area contributed by atoms with Crippen LogP contribution < -0.4 is 5.32 Å². The zero-order valence-electron chi connectivity index (χ0n) is 10.7. The van der Waals surface area contributed by atoms with Crippen molar-refractivity contribution in [2.75, 3.05) is 0 Å². The van der Waals surface area contributed by atoms with E-state index in [1.54, 1.807) is 12.3 Å². The number of carbonyl (C=O) groups excluding carboxylic acids is 1. The third-order valence-electron chi connectivity index (χ3n) is 3.56. The first-order valence-corrected chi connectivity index (χ1v) is 7.65. The number of carbonyl (C=O) groups is 1. The molecule has 0 spiro atoms. The Labute approximate surface area is 116 Å². The lowest BCUT2D eigenvalue weighted by molar-refractivity contribution is 0.0933. The summed E-state index contributed by atoms with van der Waals surface area (Å²) in [7, 11) is 0. The SMILES string of the molecule is CCc1occc1C(=O)NC1CCCCCC1Br. The highest BCUT2D eigenvalue weighted by Gasteiger charge is 2.24. The highest BCUT2D eigenvalue weighted by atomic mass is 79.9. The van der Waals surface area contributed by atoms with Crippen molar-refractivity contribution in [2.24, 2.45) is 0 Å². The zero-order valence-corrected chi connectivity index (χ0v) is 12.3. The summed E-state index contributed by atoms with van der Waals surface area (Å²) in [5.41, 5.74) is 0.682. The lowest BCUT2D eigenvalue weighted by Crippen LogP contribution is -2.40. The maximum Gasteiger partial charge on any atom is 0.255 e. The van der Waals surface area contributed by atoms with E-state index >= 15 is 0 Å². The summed E-state index contributed by atoms with van der Waals surface area (Å²) in [6, 6.07) is 1.99. The van der Waals surface area contributed by atoms with Gasteiger partial charge in [0.25, 0.3) is 5.91 Å². The Bertz CT molecular complexity index is 402. The maximum absolute atomic E-state index is 12.2. The second-order valence-corrected chi connectivity index (χ2v) is 6.02. The van der Waals surface area contributed by atoms with E-state index in [0.717, 1.165) is 25.0 Å². The number of alkyl halides is 1. The predicted molar refractivity (Wildman–Crippen MR) is 75.1 cm³/mol. The largest absolute Gasteiger partial charge is 0.469 e. The molecule has 1 amide bonds. The van der Waals surface area contributed by atoms with Crippen LogP contribution in [0, 0.1) is 0 Å². The first-order chi connectivity index (χ1) is 8.72. The normalized spacial score (nSPS) is 24.6. The van der Waals surface area contributed by atoms with E-state index in [4.69, 9.17) is 4.42 Å². The molecule has 0 bridgehead atoms. The molecule has 1 aliphatic rings. The minimum absolute atomic E-state index is 0.00282. The van der Waals surface area contributed by atoms with Gasteiger partial charge in [0, 0.05) is 17.3 Å². The molecule has 1 aromatic heterocycles. The van der Waals surface area contributed by atoms with Gasteiger partial charge in [-0.05, 0) is 18.9 Å². The van der Waals surface area contributed by atoms with Crippen LogP contribution in [0.5, 0.6) is 0 Å². The van der Waals surface area contributed by atoms with Crippen LogP contribution >= 0.6 is 15.9 Å². The van der Waals surface area contributed by atoms with Crippen molar-refractivity contribution in [1.29, 1.82) is 0 Å². The number of hydrogen-bond acceptors (Lipinski definition) is 2. The molecule has 100 valence electrons. The van der Waals surface area contributed by atoms with Gasteiger partial charge in [-0.1, -0.05) is 42.1 Å². The quantitative estimate of drug-likeness (QED) is 0.683. The number of furan rings is 1. The molecule has 0 aliphatic heterocycles. The third-order valence-corrected chi connectivity index (χ3v) is 4.66. The lowest BCUT2D eigenvalue weighted by atomic mass is 10.1. The Kier molecular flexibility index (Phi) is 4.87. The molecule has 4 heteroatoms. The van der Waals surface area contributed by atoms with Gasteiger partial charge in [0.05, 0.1) is 11.8 Å². The summed E-state index contributed by atoms with van der Waals surface area (Å²) >= 11 is 3.69. The van der Waals surface area contributed by atoms with Crippen LogP contribution in [0.25, 0.3) is 0 Å². The van der Waals surface area contributed by atoms with Crippen molar-refractivity contribution in [3.05, 3.63) is 23.7 Å². The predicted octanol–water partition coefficient (Wildman–Crippen LogP) is 3.67. The molecule has 0 radical (unpaired) electrons. The third kappa shape index (κ3) is 3.16. The summed E-state index contributed by atoms with van der Waals surface area (Å²) in [6.07, 6.45) is 8.23. The Morgan fingerprint density at radius 3 is 3.00 bits per heavy atom. The van der Waals surface area contributed by atoms with E-state index in [2.05, 4.69) is 21.2 Å². The molecule has 1 fully saturated rings. The van der Waals surface area contributed by atoms with Crippen molar-refractivity contribution in [2.45, 2.75) is 56.3 Å². The topological polar surface area (TPSA) is 42.2 Å². The summed E-state index contributed by atoms with van der Waals surface area (Å²) in [4.78, 5) is 12.6. The van der Waals surface area contributed by atoms with Crippen LogP contribution in [0.1, 0.15) is 55.1 Å². The van der Waals surface area contributed by atoms with Crippen molar-refractivity contribution >= 4 is 21.8 Å². The van der Waals surface area contributed by atoms with Crippen molar-refractivity contribution < 1.29 is 9.21 Å². The maximum atomic E-state index is 12.2. The Balaban J connectivity index is 2.01. The molecule has 1 heterocycles. The van der Waals surface area contributed by atoms with Gasteiger partial charge in [-0.15, -0.1) is 0 Å². The van der Waals surface area contributed by atoms with Gasteiger partial charge in [-0.3, -0.25) is 4.79 Å². The highest BCUT2D eigenvalue weighted by molar-refractivity contribution is 9.09. The molecule has 18 heavy (non-hydrogen) atoms. The van der Waals surface area contributed by atoms with E-state index in [0.29, 0.717) is 10.4 Å². The molecule has 1 saturated carbocycles. The Hall–Kier alpha value is -0.770. The zero-order chi connectivity index (χ0) is 13.0. The highest BCUT2D eigenvalue weighted by Crippen LogP contribution is 2.24. The molecule has 1 N–H and O–H groups in total. The Morgan fingerprint density at radius 2 is 2.22 bits per heavy atom. The fourth-order valence-electron chi connectivity index (χ4n) is 2.49. The summed E-state index contributed by atoms with van der Waals surface area (Å²) in [5, 5.41) is 3.14. The van der Waals surface area contributed by atoms with Gasteiger partial charge in [-0.2, -0.15) is 0 Å². The molecular formula is C14H20BrNO2. The van der Waals surface area contributed by atoms with Crippen LogP contribution in [0.2, 0.25) is 0 Å². The van der Waals surface area contributed by atoms with Crippen LogP contribution in [0.15, 0.2) is 16.7 Å². The summed E-state index contributed by atoms with van der Waals surface area (Å²) < 4.78 is 5.30. The van der Waals surface area contributed by atoms with Crippen LogP contribution in [-0.4, -0.2) is 16.8 Å². The standard InChI is InChI=1S/C14H20BrNO2/c1-2-13-10(8-9-18-13)14(17)16-12-7-5-3-4-6-11(12)15/h8-9,11-12H,2-7H2,1H3,(H,16,17). The molecular weight excluding hydrogens is 294 g/mol. The molecule has 2 unspecified atom stereocenters. The minimum Gasteiger partial charge on any atom is -0.469 e. The summed E-state index contributed by atoms with van der Waals surface area (Å²) in [6.45, 7) is 1.99.